The molecule has 2 aromatic heterocycles. The Kier molecular flexibility index (Phi) is 4.18. The summed E-state index contributed by atoms with van der Waals surface area (Å²) in [6.07, 6.45) is 9.52. The highest BCUT2D eigenvalue weighted by Crippen LogP contribution is 2.26. The second kappa shape index (κ2) is 6.25. The topological polar surface area (TPSA) is 63.9 Å². The molecular formula is C16H21N5O. The molecule has 22 heavy (non-hydrogen) atoms. The number of carbonyl (C=O) groups excluding carboxylic acids is 1. The van der Waals surface area contributed by atoms with Gasteiger partial charge in [-0.05, 0) is 19.8 Å². The predicted molar refractivity (Wildman–Crippen MR) is 83.2 cm³/mol. The van der Waals surface area contributed by atoms with E-state index in [4.69, 9.17) is 0 Å². The van der Waals surface area contributed by atoms with E-state index in [1.165, 1.54) is 0 Å². The van der Waals surface area contributed by atoms with Gasteiger partial charge in [-0.15, -0.1) is 0 Å². The molecule has 1 amide bonds. The number of likely N-dealkylation sites (tertiary alicyclic amines) is 1. The van der Waals surface area contributed by atoms with Crippen molar-refractivity contribution >= 4 is 5.91 Å². The number of hydrogen-bond acceptors (Lipinski definition) is 4. The first-order valence-corrected chi connectivity index (χ1v) is 7.77. The molecule has 0 aromatic carbocycles. The maximum Gasteiger partial charge on any atom is 0.219 e. The Labute approximate surface area is 130 Å². The molecule has 6 nitrogen and oxygen atoms in total. The van der Waals surface area contributed by atoms with Crippen molar-refractivity contribution in [2.75, 3.05) is 13.1 Å². The number of hydrogen-bond donors (Lipinski definition) is 0. The zero-order valence-electron chi connectivity index (χ0n) is 13.1. The van der Waals surface area contributed by atoms with Crippen LogP contribution in [0.25, 0.3) is 11.3 Å². The molecule has 2 aromatic rings. The third-order valence-electron chi connectivity index (χ3n) is 4.21. The predicted octanol–water partition coefficient (Wildman–Crippen LogP) is 2.09. The Balaban J connectivity index is 1.75. The molecule has 0 radical (unpaired) electrons. The van der Waals surface area contributed by atoms with Crippen molar-refractivity contribution in [1.82, 2.24) is 24.6 Å². The van der Waals surface area contributed by atoms with Crippen molar-refractivity contribution in [2.24, 2.45) is 0 Å². The highest BCUT2D eigenvalue weighted by Gasteiger charge is 2.24. The molecule has 1 aliphatic heterocycles. The van der Waals surface area contributed by atoms with Crippen LogP contribution in [0.5, 0.6) is 0 Å². The second-order valence-electron chi connectivity index (χ2n) is 5.72. The van der Waals surface area contributed by atoms with Gasteiger partial charge < -0.3 is 4.90 Å². The van der Waals surface area contributed by atoms with E-state index in [1.54, 1.807) is 13.1 Å². The smallest absolute Gasteiger partial charge is 0.219 e. The third-order valence-corrected chi connectivity index (χ3v) is 4.21. The summed E-state index contributed by atoms with van der Waals surface area (Å²) in [7, 11) is 0. The maximum absolute atomic E-state index is 11.5. The van der Waals surface area contributed by atoms with Crippen LogP contribution in [0.15, 0.2) is 24.8 Å². The lowest BCUT2D eigenvalue weighted by molar-refractivity contribution is -0.130. The molecule has 1 atom stereocenters. The largest absolute Gasteiger partial charge is 0.342 e. The van der Waals surface area contributed by atoms with Crippen LogP contribution < -0.4 is 0 Å². The Morgan fingerprint density at radius 3 is 2.82 bits per heavy atom. The van der Waals surface area contributed by atoms with E-state index in [-0.39, 0.29) is 11.8 Å². The van der Waals surface area contributed by atoms with E-state index in [9.17, 15) is 4.79 Å². The molecule has 0 N–H and O–H groups in total. The standard InChI is InChI=1S/C16H21N5O/c1-3-21-11-14(7-19-21)16-9-17-15(8-18-16)13-5-4-6-20(10-13)12(2)22/h7-9,11,13H,3-6,10H2,1-2H3. The highest BCUT2D eigenvalue weighted by atomic mass is 16.2. The fraction of sp³-hybridized carbons (Fsp3) is 0.500. The van der Waals surface area contributed by atoms with E-state index in [2.05, 4.69) is 22.0 Å². The number of aryl methyl sites for hydroxylation is 1. The fourth-order valence-corrected chi connectivity index (χ4v) is 2.87. The van der Waals surface area contributed by atoms with Gasteiger partial charge >= 0.3 is 0 Å². The molecule has 0 aliphatic carbocycles. The lowest BCUT2D eigenvalue weighted by Gasteiger charge is -2.31. The lowest BCUT2D eigenvalue weighted by atomic mass is 9.95. The van der Waals surface area contributed by atoms with Crippen LogP contribution in [-0.2, 0) is 11.3 Å². The molecule has 1 aliphatic rings. The Morgan fingerprint density at radius 1 is 1.32 bits per heavy atom. The average molecular weight is 299 g/mol. The lowest BCUT2D eigenvalue weighted by Crippen LogP contribution is -2.37. The molecule has 0 spiro atoms. The average Bonchev–Trinajstić information content (AvgIpc) is 3.04. The van der Waals surface area contributed by atoms with Gasteiger partial charge in [0.15, 0.2) is 0 Å². The van der Waals surface area contributed by atoms with E-state index in [1.807, 2.05) is 28.2 Å². The van der Waals surface area contributed by atoms with Crippen molar-refractivity contribution in [1.29, 1.82) is 0 Å². The summed E-state index contributed by atoms with van der Waals surface area (Å²) in [4.78, 5) is 22.5. The summed E-state index contributed by atoms with van der Waals surface area (Å²) in [5, 5.41) is 4.26. The molecular weight excluding hydrogens is 278 g/mol. The molecule has 1 fully saturated rings. The number of carbonyl (C=O) groups is 1. The zero-order chi connectivity index (χ0) is 15.5. The zero-order valence-corrected chi connectivity index (χ0v) is 13.1. The van der Waals surface area contributed by atoms with Crippen LogP contribution in [0, 0.1) is 0 Å². The van der Waals surface area contributed by atoms with Gasteiger partial charge in [0.25, 0.3) is 0 Å². The minimum atomic E-state index is 0.140. The van der Waals surface area contributed by atoms with Gasteiger partial charge in [0.05, 0.1) is 23.8 Å². The van der Waals surface area contributed by atoms with Crippen molar-refractivity contribution < 1.29 is 4.79 Å². The van der Waals surface area contributed by atoms with Gasteiger partial charge in [-0.2, -0.15) is 5.10 Å². The molecule has 0 bridgehead atoms. The number of aromatic nitrogens is 4. The van der Waals surface area contributed by atoms with Crippen molar-refractivity contribution in [2.45, 2.75) is 39.2 Å². The van der Waals surface area contributed by atoms with Crippen LogP contribution in [0.2, 0.25) is 0 Å². The van der Waals surface area contributed by atoms with E-state index in [0.29, 0.717) is 0 Å². The first-order valence-electron chi connectivity index (χ1n) is 7.77. The van der Waals surface area contributed by atoms with Gasteiger partial charge in [-0.25, -0.2) is 0 Å². The number of nitrogens with zero attached hydrogens (tertiary/aromatic N) is 5. The van der Waals surface area contributed by atoms with Gasteiger partial charge in [-0.1, -0.05) is 0 Å². The molecule has 6 heteroatoms. The van der Waals surface area contributed by atoms with Crippen LogP contribution in [-0.4, -0.2) is 43.6 Å². The van der Waals surface area contributed by atoms with Crippen molar-refractivity contribution in [3.63, 3.8) is 0 Å². The van der Waals surface area contributed by atoms with E-state index in [0.717, 1.165) is 49.4 Å². The molecule has 1 unspecified atom stereocenters. The Bertz CT molecular complexity index is 649. The van der Waals surface area contributed by atoms with Gasteiger partial charge in [-0.3, -0.25) is 19.4 Å². The number of amides is 1. The van der Waals surface area contributed by atoms with Crippen LogP contribution in [0.4, 0.5) is 0 Å². The first-order chi connectivity index (χ1) is 10.7. The molecule has 116 valence electrons. The molecule has 0 saturated carbocycles. The Hall–Kier alpha value is -2.24. The first kappa shape index (κ1) is 14.7. The number of rotatable bonds is 3. The fourth-order valence-electron chi connectivity index (χ4n) is 2.87. The summed E-state index contributed by atoms with van der Waals surface area (Å²) < 4.78 is 1.87. The molecule has 1 saturated heterocycles. The quantitative estimate of drug-likeness (QED) is 0.870. The number of piperidine rings is 1. The maximum atomic E-state index is 11.5. The molecule has 3 heterocycles. The Morgan fingerprint density at radius 2 is 2.18 bits per heavy atom. The van der Waals surface area contributed by atoms with E-state index >= 15 is 0 Å². The van der Waals surface area contributed by atoms with Crippen molar-refractivity contribution in [3.05, 3.63) is 30.5 Å². The minimum absolute atomic E-state index is 0.140. The summed E-state index contributed by atoms with van der Waals surface area (Å²) in [6.45, 7) is 6.12. The van der Waals surface area contributed by atoms with Crippen LogP contribution in [0.1, 0.15) is 38.3 Å². The SMILES string of the molecule is CCn1cc(-c2cnc(C3CCCN(C(C)=O)C3)cn2)cn1. The summed E-state index contributed by atoms with van der Waals surface area (Å²) in [5.41, 5.74) is 2.79. The van der Waals surface area contributed by atoms with Crippen LogP contribution >= 0.6 is 0 Å². The van der Waals surface area contributed by atoms with Crippen LogP contribution in [0.3, 0.4) is 0 Å². The van der Waals surface area contributed by atoms with Crippen molar-refractivity contribution in [3.8, 4) is 11.3 Å². The van der Waals surface area contributed by atoms with Gasteiger partial charge in [0.2, 0.25) is 5.91 Å². The van der Waals surface area contributed by atoms with Gasteiger partial charge in [0, 0.05) is 50.4 Å². The third kappa shape index (κ3) is 3.00. The summed E-state index contributed by atoms with van der Waals surface area (Å²) >= 11 is 0. The summed E-state index contributed by atoms with van der Waals surface area (Å²) in [5.74, 6) is 0.429. The monoisotopic (exact) mass is 299 g/mol. The minimum Gasteiger partial charge on any atom is -0.342 e. The normalized spacial score (nSPS) is 18.5. The highest BCUT2D eigenvalue weighted by molar-refractivity contribution is 5.73. The van der Waals surface area contributed by atoms with E-state index < -0.39 is 0 Å². The summed E-state index contributed by atoms with van der Waals surface area (Å²) in [6, 6.07) is 0. The molecule has 3 rings (SSSR count). The second-order valence-corrected chi connectivity index (χ2v) is 5.72. The van der Waals surface area contributed by atoms with Gasteiger partial charge in [0.1, 0.15) is 0 Å².